The van der Waals surface area contributed by atoms with Gasteiger partial charge >= 0.3 is 0 Å². The smallest absolute Gasteiger partial charge is 0.244 e. The van der Waals surface area contributed by atoms with Gasteiger partial charge in [0.2, 0.25) is 5.95 Å². The van der Waals surface area contributed by atoms with Gasteiger partial charge in [0.25, 0.3) is 0 Å². The van der Waals surface area contributed by atoms with Gasteiger partial charge in [-0.25, -0.2) is 0 Å². The Morgan fingerprint density at radius 3 is 2.69 bits per heavy atom. The molecule has 1 aliphatic heterocycles. The molecular weight excluding hydrogens is 166 g/mol. The lowest BCUT2D eigenvalue weighted by Gasteiger charge is -2.24. The van der Waals surface area contributed by atoms with E-state index in [-0.39, 0.29) is 0 Å². The fourth-order valence-electron chi connectivity index (χ4n) is 1.61. The molecule has 72 valence electrons. The Bertz CT molecular complexity index is 263. The molecule has 0 radical (unpaired) electrons. The summed E-state index contributed by atoms with van der Waals surface area (Å²) in [5.41, 5.74) is 5.44. The number of piperidine rings is 1. The highest BCUT2D eigenvalue weighted by molar-refractivity contribution is 5.28. The van der Waals surface area contributed by atoms with E-state index in [1.807, 2.05) is 0 Å². The summed E-state index contributed by atoms with van der Waals surface area (Å²) < 4.78 is 0. The maximum absolute atomic E-state index is 5.44. The summed E-state index contributed by atoms with van der Waals surface area (Å²) in [6.07, 6.45) is 3.81. The minimum atomic E-state index is 0.431. The summed E-state index contributed by atoms with van der Waals surface area (Å²) in [7, 11) is 0. The fourth-order valence-corrected chi connectivity index (χ4v) is 1.61. The van der Waals surface area contributed by atoms with Crippen LogP contribution in [0.1, 0.15) is 25.1 Å². The van der Waals surface area contributed by atoms with Crippen LogP contribution in [0.15, 0.2) is 0 Å². The molecule has 0 spiro atoms. The summed E-state index contributed by atoms with van der Waals surface area (Å²) in [5, 5.41) is 6.95. The maximum Gasteiger partial charge on any atom is 0.244 e. The van der Waals surface area contributed by atoms with Crippen LogP contribution in [0.4, 0.5) is 5.95 Å². The number of hydrogen-bond donors (Lipinski definition) is 2. The van der Waals surface area contributed by atoms with Crippen LogP contribution in [0.25, 0.3) is 0 Å². The van der Waals surface area contributed by atoms with Crippen molar-refractivity contribution in [3.8, 4) is 0 Å². The third-order valence-corrected chi connectivity index (χ3v) is 2.35. The van der Waals surface area contributed by atoms with Crippen LogP contribution < -0.4 is 10.6 Å². The summed E-state index contributed by atoms with van der Waals surface area (Å²) >= 11 is 0. The highest BCUT2D eigenvalue weighted by Gasteiger charge is 2.14. The molecule has 0 amide bonds. The second-order valence-corrected chi connectivity index (χ2v) is 3.33. The van der Waals surface area contributed by atoms with Crippen LogP contribution in [0, 0.1) is 0 Å². The van der Waals surface area contributed by atoms with E-state index >= 15 is 0 Å². The Balaban J connectivity index is 2.05. The third kappa shape index (κ3) is 1.80. The number of H-pyrrole nitrogens is 1. The van der Waals surface area contributed by atoms with Gasteiger partial charge in [-0.15, -0.1) is 5.10 Å². The van der Waals surface area contributed by atoms with Gasteiger partial charge in [-0.3, -0.25) is 5.10 Å². The van der Waals surface area contributed by atoms with Crippen LogP contribution in [-0.4, -0.2) is 28.3 Å². The number of aromatic amines is 1. The third-order valence-electron chi connectivity index (χ3n) is 2.35. The molecule has 1 aliphatic rings. The Hall–Kier alpha value is -1.10. The fraction of sp³-hybridized carbons (Fsp3) is 0.750. The molecule has 1 aromatic rings. The summed E-state index contributed by atoms with van der Waals surface area (Å²) in [5.74, 6) is 1.57. The van der Waals surface area contributed by atoms with Crippen LogP contribution in [0.5, 0.6) is 0 Å². The molecule has 1 aromatic heterocycles. The van der Waals surface area contributed by atoms with Crippen LogP contribution >= 0.6 is 0 Å². The number of nitrogens with one attached hydrogen (secondary N) is 1. The van der Waals surface area contributed by atoms with Gasteiger partial charge in [-0.2, -0.15) is 4.98 Å². The number of hydrogen-bond acceptors (Lipinski definition) is 4. The molecule has 1 fully saturated rings. The van der Waals surface area contributed by atoms with Crippen LogP contribution in [0.2, 0.25) is 0 Å². The Morgan fingerprint density at radius 1 is 1.31 bits per heavy atom. The Kier molecular flexibility index (Phi) is 2.44. The maximum atomic E-state index is 5.44. The van der Waals surface area contributed by atoms with Gasteiger partial charge in [0.1, 0.15) is 5.82 Å². The lowest BCUT2D eigenvalue weighted by molar-refractivity contribution is 0.569. The standard InChI is InChI=1S/C8H15N5/c9-6-7-10-8(12-11-7)13-4-2-1-3-5-13/h1-6,9H2,(H,10,11,12). The van der Waals surface area contributed by atoms with Crippen molar-refractivity contribution in [3.63, 3.8) is 0 Å². The zero-order valence-corrected chi connectivity index (χ0v) is 7.66. The first-order valence-electron chi connectivity index (χ1n) is 4.76. The topological polar surface area (TPSA) is 70.8 Å². The molecule has 2 heterocycles. The Morgan fingerprint density at radius 2 is 2.08 bits per heavy atom. The molecular formula is C8H15N5. The van der Waals surface area contributed by atoms with E-state index in [1.54, 1.807) is 0 Å². The second kappa shape index (κ2) is 3.74. The van der Waals surface area contributed by atoms with E-state index in [9.17, 15) is 0 Å². The first kappa shape index (κ1) is 8.50. The van der Waals surface area contributed by atoms with Gasteiger partial charge < -0.3 is 10.6 Å². The molecule has 3 N–H and O–H groups in total. The van der Waals surface area contributed by atoms with Crippen molar-refractivity contribution in [1.82, 2.24) is 15.2 Å². The summed E-state index contributed by atoms with van der Waals surface area (Å²) in [6.45, 7) is 2.57. The molecule has 5 nitrogen and oxygen atoms in total. The van der Waals surface area contributed by atoms with Crippen molar-refractivity contribution in [1.29, 1.82) is 0 Å². The predicted molar refractivity (Wildman–Crippen MR) is 50.3 cm³/mol. The van der Waals surface area contributed by atoms with Crippen molar-refractivity contribution in [2.24, 2.45) is 5.73 Å². The van der Waals surface area contributed by atoms with Crippen molar-refractivity contribution in [2.45, 2.75) is 25.8 Å². The lowest BCUT2D eigenvalue weighted by Crippen LogP contribution is -2.30. The first-order valence-corrected chi connectivity index (χ1v) is 4.76. The number of aromatic nitrogens is 3. The SMILES string of the molecule is NCc1nc(N2CCCCC2)n[nH]1. The molecule has 0 saturated carbocycles. The van der Waals surface area contributed by atoms with Crippen molar-refractivity contribution in [3.05, 3.63) is 5.82 Å². The minimum Gasteiger partial charge on any atom is -0.340 e. The quantitative estimate of drug-likeness (QED) is 0.686. The zero-order chi connectivity index (χ0) is 9.10. The van der Waals surface area contributed by atoms with Gasteiger partial charge in [-0.1, -0.05) is 0 Å². The molecule has 0 aliphatic carbocycles. The van der Waals surface area contributed by atoms with Gasteiger partial charge in [-0.05, 0) is 19.3 Å². The van der Waals surface area contributed by atoms with E-state index in [0.29, 0.717) is 6.54 Å². The van der Waals surface area contributed by atoms with E-state index in [0.717, 1.165) is 24.9 Å². The molecule has 13 heavy (non-hydrogen) atoms. The second-order valence-electron chi connectivity index (χ2n) is 3.33. The van der Waals surface area contributed by atoms with Crippen molar-refractivity contribution in [2.75, 3.05) is 18.0 Å². The molecule has 0 unspecified atom stereocenters. The van der Waals surface area contributed by atoms with E-state index in [1.165, 1.54) is 19.3 Å². The first-order chi connectivity index (χ1) is 6.40. The van der Waals surface area contributed by atoms with E-state index in [2.05, 4.69) is 20.1 Å². The average Bonchev–Trinajstić information content (AvgIpc) is 2.67. The van der Waals surface area contributed by atoms with E-state index < -0.39 is 0 Å². The number of nitrogens with zero attached hydrogens (tertiary/aromatic N) is 3. The summed E-state index contributed by atoms with van der Waals surface area (Å²) in [6, 6.07) is 0. The average molecular weight is 181 g/mol. The molecule has 0 atom stereocenters. The number of rotatable bonds is 2. The van der Waals surface area contributed by atoms with Crippen LogP contribution in [-0.2, 0) is 6.54 Å². The highest BCUT2D eigenvalue weighted by Crippen LogP contribution is 2.14. The van der Waals surface area contributed by atoms with Crippen molar-refractivity contribution >= 4 is 5.95 Å². The number of anilines is 1. The van der Waals surface area contributed by atoms with Gasteiger partial charge in [0, 0.05) is 13.1 Å². The molecule has 0 aromatic carbocycles. The predicted octanol–water partition coefficient (Wildman–Crippen LogP) is 0.254. The molecule has 1 saturated heterocycles. The van der Waals surface area contributed by atoms with Gasteiger partial charge in [0.05, 0.1) is 6.54 Å². The number of nitrogens with two attached hydrogens (primary N) is 1. The molecule has 0 bridgehead atoms. The molecule has 5 heteroatoms. The zero-order valence-electron chi connectivity index (χ0n) is 7.66. The van der Waals surface area contributed by atoms with Crippen molar-refractivity contribution < 1.29 is 0 Å². The largest absolute Gasteiger partial charge is 0.340 e. The Labute approximate surface area is 77.3 Å². The minimum absolute atomic E-state index is 0.431. The summed E-state index contributed by atoms with van der Waals surface area (Å²) in [4.78, 5) is 6.49. The molecule has 2 rings (SSSR count). The monoisotopic (exact) mass is 181 g/mol. The van der Waals surface area contributed by atoms with Crippen LogP contribution in [0.3, 0.4) is 0 Å². The normalized spacial score (nSPS) is 17.8. The highest BCUT2D eigenvalue weighted by atomic mass is 15.4. The van der Waals surface area contributed by atoms with E-state index in [4.69, 9.17) is 5.73 Å². The van der Waals surface area contributed by atoms with Gasteiger partial charge in [0.15, 0.2) is 0 Å². The lowest BCUT2D eigenvalue weighted by atomic mass is 10.1.